The lowest BCUT2D eigenvalue weighted by Gasteiger charge is -2.43. The molecule has 3 heterocycles. The minimum absolute atomic E-state index is 0.00554. The molecule has 0 bridgehead atoms. The summed E-state index contributed by atoms with van der Waals surface area (Å²) >= 11 is 0. The summed E-state index contributed by atoms with van der Waals surface area (Å²) in [6.07, 6.45) is 6.49. The van der Waals surface area contributed by atoms with Gasteiger partial charge in [0.2, 0.25) is 5.91 Å². The highest BCUT2D eigenvalue weighted by atomic mass is 16.4. The molecule has 2 aliphatic heterocycles. The van der Waals surface area contributed by atoms with E-state index in [1.807, 2.05) is 10.8 Å². The lowest BCUT2D eigenvalue weighted by Crippen LogP contribution is -2.63. The summed E-state index contributed by atoms with van der Waals surface area (Å²) in [4.78, 5) is 44.0. The van der Waals surface area contributed by atoms with Gasteiger partial charge in [0.25, 0.3) is 0 Å². The fourth-order valence-corrected chi connectivity index (χ4v) is 3.90. The van der Waals surface area contributed by atoms with Gasteiger partial charge in [-0.3, -0.25) is 9.69 Å². The Morgan fingerprint density at radius 2 is 1.85 bits per heavy atom. The molecule has 27 heavy (non-hydrogen) atoms. The molecule has 3 rings (SSSR count). The second-order valence-corrected chi connectivity index (χ2v) is 6.99. The molecule has 0 aliphatic carbocycles. The van der Waals surface area contributed by atoms with Gasteiger partial charge >= 0.3 is 12.2 Å². The molecule has 10 nitrogen and oxygen atoms in total. The monoisotopic (exact) mass is 379 g/mol. The number of aryl methyl sites for hydroxylation is 1. The number of aromatic nitrogens is 2. The van der Waals surface area contributed by atoms with Gasteiger partial charge in [0, 0.05) is 44.6 Å². The average Bonchev–Trinajstić information content (AvgIpc) is 3.19. The molecule has 0 aromatic carbocycles. The molecule has 2 atom stereocenters. The van der Waals surface area contributed by atoms with Gasteiger partial charge in [-0.1, -0.05) is 0 Å². The Morgan fingerprint density at radius 3 is 2.52 bits per heavy atom. The number of piperidine rings is 1. The molecule has 0 radical (unpaired) electrons. The van der Waals surface area contributed by atoms with Crippen LogP contribution in [0.2, 0.25) is 0 Å². The minimum Gasteiger partial charge on any atom is -0.465 e. The van der Waals surface area contributed by atoms with Crippen LogP contribution >= 0.6 is 0 Å². The number of hydrogen-bond acceptors (Lipinski definition) is 4. The first-order chi connectivity index (χ1) is 13.0. The average molecular weight is 379 g/mol. The fraction of sp³-hybridized carbons (Fsp3) is 0.647. The van der Waals surface area contributed by atoms with E-state index in [-0.39, 0.29) is 31.6 Å². The number of nitrogens with zero attached hydrogens (tertiary/aromatic N) is 5. The van der Waals surface area contributed by atoms with E-state index >= 15 is 0 Å². The third-order valence-corrected chi connectivity index (χ3v) is 5.37. The van der Waals surface area contributed by atoms with Crippen molar-refractivity contribution in [1.82, 2.24) is 24.3 Å². The van der Waals surface area contributed by atoms with E-state index < -0.39 is 18.2 Å². The number of amides is 3. The van der Waals surface area contributed by atoms with E-state index in [4.69, 9.17) is 0 Å². The largest absolute Gasteiger partial charge is 0.465 e. The van der Waals surface area contributed by atoms with Gasteiger partial charge in [0.05, 0.1) is 12.9 Å². The predicted octanol–water partition coefficient (Wildman–Crippen LogP) is 0.996. The zero-order chi connectivity index (χ0) is 19.4. The van der Waals surface area contributed by atoms with Crippen LogP contribution in [0.4, 0.5) is 9.59 Å². The number of piperazine rings is 1. The molecule has 2 saturated heterocycles. The van der Waals surface area contributed by atoms with Gasteiger partial charge in [-0.05, 0) is 25.7 Å². The zero-order valence-corrected chi connectivity index (χ0v) is 15.1. The first-order valence-corrected chi connectivity index (χ1v) is 9.21. The number of carbonyl (C=O) groups excluding carboxylic acids is 1. The third-order valence-electron chi connectivity index (χ3n) is 5.37. The van der Waals surface area contributed by atoms with E-state index in [0.29, 0.717) is 6.54 Å². The molecule has 2 N–H and O–H groups in total. The van der Waals surface area contributed by atoms with Gasteiger partial charge in [0.15, 0.2) is 0 Å². The van der Waals surface area contributed by atoms with E-state index in [2.05, 4.69) is 4.98 Å². The van der Waals surface area contributed by atoms with Gasteiger partial charge < -0.3 is 24.6 Å². The van der Waals surface area contributed by atoms with E-state index in [0.717, 1.165) is 42.0 Å². The second-order valence-electron chi connectivity index (χ2n) is 6.99. The van der Waals surface area contributed by atoms with Crippen LogP contribution in [-0.2, 0) is 11.3 Å². The van der Waals surface area contributed by atoms with Crippen molar-refractivity contribution in [1.29, 1.82) is 0 Å². The maximum Gasteiger partial charge on any atom is 0.408 e. The van der Waals surface area contributed by atoms with Crippen molar-refractivity contribution in [3.8, 4) is 0 Å². The Balaban J connectivity index is 1.72. The molecule has 1 aromatic rings. The lowest BCUT2D eigenvalue weighted by molar-refractivity contribution is -0.142. The van der Waals surface area contributed by atoms with Crippen molar-refractivity contribution < 1.29 is 24.6 Å². The lowest BCUT2D eigenvalue weighted by atomic mass is 9.97. The molecule has 10 heteroatoms. The number of likely N-dealkylation sites (tertiary alicyclic amines) is 1. The molecule has 1 unspecified atom stereocenters. The van der Waals surface area contributed by atoms with Crippen LogP contribution in [0.5, 0.6) is 0 Å². The zero-order valence-electron chi connectivity index (χ0n) is 15.1. The normalized spacial score (nSPS) is 23.3. The van der Waals surface area contributed by atoms with Crippen LogP contribution in [0.25, 0.3) is 0 Å². The summed E-state index contributed by atoms with van der Waals surface area (Å²) in [5.74, 6) is -0.293. The summed E-state index contributed by atoms with van der Waals surface area (Å²) in [5, 5.41) is 18.7. The number of carbonyl (C=O) groups is 3. The quantitative estimate of drug-likeness (QED) is 0.805. The summed E-state index contributed by atoms with van der Waals surface area (Å²) in [7, 11) is 0. The van der Waals surface area contributed by atoms with E-state index in [1.165, 1.54) is 0 Å². The Hall–Kier alpha value is -2.78. The fourth-order valence-electron chi connectivity index (χ4n) is 3.90. The van der Waals surface area contributed by atoms with Gasteiger partial charge in [0.1, 0.15) is 6.04 Å². The number of imidazole rings is 1. The van der Waals surface area contributed by atoms with Crippen molar-refractivity contribution in [3.63, 3.8) is 0 Å². The maximum absolute atomic E-state index is 13.2. The number of hydrogen-bond donors (Lipinski definition) is 2. The topological polar surface area (TPSA) is 119 Å². The Labute approximate surface area is 157 Å². The van der Waals surface area contributed by atoms with Gasteiger partial charge in [-0.2, -0.15) is 0 Å². The highest BCUT2D eigenvalue weighted by molar-refractivity contribution is 5.87. The maximum atomic E-state index is 13.2. The van der Waals surface area contributed by atoms with Crippen molar-refractivity contribution in [3.05, 3.63) is 18.7 Å². The summed E-state index contributed by atoms with van der Waals surface area (Å²) in [5.41, 5.74) is 0. The summed E-state index contributed by atoms with van der Waals surface area (Å²) < 4.78 is 1.95. The molecular weight excluding hydrogens is 354 g/mol. The van der Waals surface area contributed by atoms with Crippen LogP contribution in [-0.4, -0.2) is 90.8 Å². The Morgan fingerprint density at radius 1 is 1.04 bits per heavy atom. The highest BCUT2D eigenvalue weighted by Gasteiger charge is 2.41. The van der Waals surface area contributed by atoms with Crippen LogP contribution < -0.4 is 0 Å². The second kappa shape index (κ2) is 8.28. The van der Waals surface area contributed by atoms with Crippen molar-refractivity contribution in [2.45, 2.75) is 44.3 Å². The van der Waals surface area contributed by atoms with Crippen LogP contribution in [0.3, 0.4) is 0 Å². The van der Waals surface area contributed by atoms with Crippen LogP contribution in [0.15, 0.2) is 18.7 Å². The Kier molecular flexibility index (Phi) is 5.82. The molecule has 2 aliphatic rings. The van der Waals surface area contributed by atoms with Crippen LogP contribution in [0, 0.1) is 0 Å². The first-order valence-electron chi connectivity index (χ1n) is 9.21. The van der Waals surface area contributed by atoms with Crippen molar-refractivity contribution in [2.24, 2.45) is 0 Å². The SMILES string of the molecule is O=C(O)N1CCN(C(=O)O)C(C(=O)N2CCCC[C@@H]2CCn2ccnc2)C1. The van der Waals surface area contributed by atoms with E-state index in [1.54, 1.807) is 17.4 Å². The molecule has 1 aromatic heterocycles. The Bertz CT molecular complexity index is 679. The van der Waals surface area contributed by atoms with Crippen molar-refractivity contribution in [2.75, 3.05) is 26.2 Å². The summed E-state index contributed by atoms with van der Waals surface area (Å²) in [6.45, 7) is 1.26. The van der Waals surface area contributed by atoms with Crippen molar-refractivity contribution >= 4 is 18.1 Å². The number of rotatable bonds is 4. The predicted molar refractivity (Wildman–Crippen MR) is 94.3 cm³/mol. The molecule has 148 valence electrons. The highest BCUT2D eigenvalue weighted by Crippen LogP contribution is 2.23. The smallest absolute Gasteiger partial charge is 0.408 e. The minimum atomic E-state index is -1.19. The van der Waals surface area contributed by atoms with Crippen LogP contribution in [0.1, 0.15) is 25.7 Å². The molecule has 2 fully saturated rings. The standard InChI is InChI=1S/C17H25N5O5/c23-15(14-11-20(16(24)25)9-10-22(14)17(26)27)21-6-2-1-3-13(21)4-7-19-8-5-18-12-19/h5,8,12-14H,1-4,6-7,9-11H2,(H,24,25)(H,26,27)/t13-,14?/m1/s1. The molecule has 0 saturated carbocycles. The number of carboxylic acid groups (broad SMARTS) is 2. The van der Waals surface area contributed by atoms with Gasteiger partial charge in [-0.25, -0.2) is 14.6 Å². The van der Waals surface area contributed by atoms with E-state index in [9.17, 15) is 24.6 Å². The third kappa shape index (κ3) is 4.32. The molecular formula is C17H25N5O5. The molecule has 3 amide bonds. The first kappa shape index (κ1) is 19.0. The summed E-state index contributed by atoms with van der Waals surface area (Å²) in [6, 6.07) is -0.967. The molecule has 0 spiro atoms. The van der Waals surface area contributed by atoms with Gasteiger partial charge in [-0.15, -0.1) is 0 Å².